The molecule has 0 aliphatic carbocycles. The average molecular weight is 292 g/mol. The van der Waals surface area contributed by atoms with Crippen LogP contribution in [0.3, 0.4) is 0 Å². The highest BCUT2D eigenvalue weighted by atomic mass is 16.3. The summed E-state index contributed by atoms with van der Waals surface area (Å²) < 4.78 is 6.09. The summed E-state index contributed by atoms with van der Waals surface area (Å²) in [5.41, 5.74) is 1.28. The van der Waals surface area contributed by atoms with E-state index in [-0.39, 0.29) is 0 Å². The van der Waals surface area contributed by atoms with E-state index in [0.717, 1.165) is 30.7 Å². The summed E-state index contributed by atoms with van der Waals surface area (Å²) in [5.74, 6) is 2.24. The molecule has 0 spiro atoms. The van der Waals surface area contributed by atoms with Gasteiger partial charge < -0.3 is 9.73 Å². The number of aryl methyl sites for hydroxylation is 1. The van der Waals surface area contributed by atoms with Crippen LogP contribution in [0.5, 0.6) is 0 Å². The van der Waals surface area contributed by atoms with Crippen molar-refractivity contribution in [3.05, 3.63) is 23.2 Å². The molecule has 2 heterocycles. The lowest BCUT2D eigenvalue weighted by molar-refractivity contribution is 0.121. The molecule has 1 fully saturated rings. The fourth-order valence-electron chi connectivity index (χ4n) is 3.27. The van der Waals surface area contributed by atoms with Gasteiger partial charge in [0.05, 0.1) is 13.1 Å². The predicted molar refractivity (Wildman–Crippen MR) is 88.4 cm³/mol. The summed E-state index contributed by atoms with van der Waals surface area (Å²) in [6.45, 7) is 11.8. The molecule has 1 saturated heterocycles. The lowest BCUT2D eigenvalue weighted by Crippen LogP contribution is -2.38. The number of piperidine rings is 1. The van der Waals surface area contributed by atoms with E-state index in [1.165, 1.54) is 44.2 Å². The van der Waals surface area contributed by atoms with Crippen molar-refractivity contribution in [3.8, 4) is 0 Å². The Bertz CT molecular complexity index is 423. The molecule has 1 atom stereocenters. The van der Waals surface area contributed by atoms with Crippen molar-refractivity contribution in [3.63, 3.8) is 0 Å². The van der Waals surface area contributed by atoms with Gasteiger partial charge in [-0.25, -0.2) is 0 Å². The third kappa shape index (κ3) is 4.86. The zero-order valence-electron chi connectivity index (χ0n) is 14.2. The van der Waals surface area contributed by atoms with Crippen LogP contribution in [-0.2, 0) is 13.1 Å². The standard InChI is InChI=1S/C18H32N2O/c1-5-8-16-9-6-7-10-20(16)13-17-11-15(4)18(21-17)12-19-14(2)3/h11,14,16,19H,5-10,12-13H2,1-4H3. The Hall–Kier alpha value is -0.800. The van der Waals surface area contributed by atoms with Crippen LogP contribution in [0.2, 0.25) is 0 Å². The number of rotatable bonds is 7. The zero-order chi connectivity index (χ0) is 15.2. The predicted octanol–water partition coefficient (Wildman–Crippen LogP) is 4.24. The maximum absolute atomic E-state index is 6.09. The second-order valence-electron chi connectivity index (χ2n) is 6.76. The fourth-order valence-corrected chi connectivity index (χ4v) is 3.27. The molecule has 0 radical (unpaired) electrons. The summed E-state index contributed by atoms with van der Waals surface area (Å²) in [7, 11) is 0. The molecule has 21 heavy (non-hydrogen) atoms. The molecule has 1 unspecified atom stereocenters. The van der Waals surface area contributed by atoms with Gasteiger partial charge in [-0.3, -0.25) is 4.90 Å². The highest BCUT2D eigenvalue weighted by molar-refractivity contribution is 5.20. The average Bonchev–Trinajstić information content (AvgIpc) is 2.79. The molecule has 3 nitrogen and oxygen atoms in total. The SMILES string of the molecule is CCCC1CCCCN1Cc1cc(C)c(CNC(C)C)o1. The van der Waals surface area contributed by atoms with Crippen molar-refractivity contribution >= 4 is 0 Å². The number of furan rings is 1. The quantitative estimate of drug-likeness (QED) is 0.815. The van der Waals surface area contributed by atoms with Crippen molar-refractivity contribution in [1.82, 2.24) is 10.2 Å². The number of nitrogens with zero attached hydrogens (tertiary/aromatic N) is 1. The molecular formula is C18H32N2O. The third-order valence-corrected chi connectivity index (χ3v) is 4.47. The third-order valence-electron chi connectivity index (χ3n) is 4.47. The van der Waals surface area contributed by atoms with E-state index in [1.54, 1.807) is 0 Å². The van der Waals surface area contributed by atoms with Gasteiger partial charge >= 0.3 is 0 Å². The van der Waals surface area contributed by atoms with Gasteiger partial charge in [-0.05, 0) is 44.4 Å². The van der Waals surface area contributed by atoms with E-state index in [9.17, 15) is 0 Å². The molecule has 1 aliphatic rings. The van der Waals surface area contributed by atoms with Crippen LogP contribution in [0.1, 0.15) is 70.0 Å². The van der Waals surface area contributed by atoms with Gasteiger partial charge in [-0.15, -0.1) is 0 Å². The van der Waals surface area contributed by atoms with Crippen LogP contribution in [0.25, 0.3) is 0 Å². The minimum absolute atomic E-state index is 0.494. The van der Waals surface area contributed by atoms with Crippen LogP contribution in [0.4, 0.5) is 0 Å². The van der Waals surface area contributed by atoms with E-state index >= 15 is 0 Å². The van der Waals surface area contributed by atoms with E-state index < -0.39 is 0 Å². The molecule has 3 heteroatoms. The van der Waals surface area contributed by atoms with E-state index in [2.05, 4.69) is 44.0 Å². The Morgan fingerprint density at radius 3 is 2.90 bits per heavy atom. The number of hydrogen-bond donors (Lipinski definition) is 1. The lowest BCUT2D eigenvalue weighted by atomic mass is 9.98. The molecule has 120 valence electrons. The first-order chi connectivity index (χ1) is 10.1. The topological polar surface area (TPSA) is 28.4 Å². The highest BCUT2D eigenvalue weighted by Gasteiger charge is 2.23. The first-order valence-electron chi connectivity index (χ1n) is 8.65. The molecule has 0 aromatic carbocycles. The van der Waals surface area contributed by atoms with E-state index in [0.29, 0.717) is 6.04 Å². The Kier molecular flexibility index (Phi) is 6.31. The maximum Gasteiger partial charge on any atom is 0.120 e. The van der Waals surface area contributed by atoms with Crippen LogP contribution in [0, 0.1) is 6.92 Å². The van der Waals surface area contributed by atoms with Crippen molar-refractivity contribution in [2.45, 2.75) is 85.0 Å². The Labute approximate surface area is 130 Å². The van der Waals surface area contributed by atoms with Crippen LogP contribution in [0.15, 0.2) is 10.5 Å². The van der Waals surface area contributed by atoms with Crippen molar-refractivity contribution < 1.29 is 4.42 Å². The monoisotopic (exact) mass is 292 g/mol. The van der Waals surface area contributed by atoms with Crippen molar-refractivity contribution in [1.29, 1.82) is 0 Å². The summed E-state index contributed by atoms with van der Waals surface area (Å²) in [6, 6.07) is 3.48. The maximum atomic E-state index is 6.09. The first-order valence-corrected chi connectivity index (χ1v) is 8.65. The Morgan fingerprint density at radius 2 is 2.19 bits per heavy atom. The van der Waals surface area contributed by atoms with Gasteiger partial charge in [0.2, 0.25) is 0 Å². The molecule has 1 aromatic heterocycles. The summed E-state index contributed by atoms with van der Waals surface area (Å²) in [5, 5.41) is 3.44. The molecule has 1 N–H and O–H groups in total. The molecule has 0 amide bonds. The molecule has 1 aliphatic heterocycles. The van der Waals surface area contributed by atoms with Crippen LogP contribution < -0.4 is 5.32 Å². The molecular weight excluding hydrogens is 260 g/mol. The van der Waals surface area contributed by atoms with Gasteiger partial charge in [0, 0.05) is 12.1 Å². The van der Waals surface area contributed by atoms with Crippen molar-refractivity contribution in [2.75, 3.05) is 6.54 Å². The minimum atomic E-state index is 0.494. The summed E-state index contributed by atoms with van der Waals surface area (Å²) in [6.07, 6.45) is 6.68. The van der Waals surface area contributed by atoms with Crippen molar-refractivity contribution in [2.24, 2.45) is 0 Å². The van der Waals surface area contributed by atoms with Crippen LogP contribution >= 0.6 is 0 Å². The van der Waals surface area contributed by atoms with Crippen LogP contribution in [-0.4, -0.2) is 23.5 Å². The molecule has 0 saturated carbocycles. The van der Waals surface area contributed by atoms with E-state index in [4.69, 9.17) is 4.42 Å². The summed E-state index contributed by atoms with van der Waals surface area (Å²) in [4.78, 5) is 2.63. The van der Waals surface area contributed by atoms with Gasteiger partial charge in [-0.2, -0.15) is 0 Å². The summed E-state index contributed by atoms with van der Waals surface area (Å²) >= 11 is 0. The first kappa shape index (κ1) is 16.6. The number of nitrogens with one attached hydrogen (secondary N) is 1. The second kappa shape index (κ2) is 8.00. The normalized spacial score (nSPS) is 20.3. The number of likely N-dealkylation sites (tertiary alicyclic amines) is 1. The van der Waals surface area contributed by atoms with Gasteiger partial charge in [0.15, 0.2) is 0 Å². The molecule has 1 aromatic rings. The minimum Gasteiger partial charge on any atom is -0.463 e. The molecule has 0 bridgehead atoms. The fraction of sp³-hybridized carbons (Fsp3) is 0.778. The largest absolute Gasteiger partial charge is 0.463 e. The van der Waals surface area contributed by atoms with Gasteiger partial charge in [0.25, 0.3) is 0 Å². The second-order valence-corrected chi connectivity index (χ2v) is 6.76. The van der Waals surface area contributed by atoms with E-state index in [1.807, 2.05) is 0 Å². The van der Waals surface area contributed by atoms with Gasteiger partial charge in [0.1, 0.15) is 11.5 Å². The number of hydrogen-bond acceptors (Lipinski definition) is 3. The highest BCUT2D eigenvalue weighted by Crippen LogP contribution is 2.24. The molecule has 2 rings (SSSR count). The smallest absolute Gasteiger partial charge is 0.120 e. The zero-order valence-corrected chi connectivity index (χ0v) is 14.2. The Balaban J connectivity index is 1.96. The lowest BCUT2D eigenvalue weighted by Gasteiger charge is -2.35. The van der Waals surface area contributed by atoms with Gasteiger partial charge in [-0.1, -0.05) is 33.6 Å². The Morgan fingerprint density at radius 1 is 1.38 bits per heavy atom.